The molecule has 0 unspecified atom stereocenters. The number of nitrogens with one attached hydrogen (secondary N) is 1. The quantitative estimate of drug-likeness (QED) is 0.858. The maximum absolute atomic E-state index is 11.6. The minimum atomic E-state index is -0.155. The van der Waals surface area contributed by atoms with Gasteiger partial charge in [0, 0.05) is 11.9 Å². The molecule has 1 aromatic heterocycles. The number of alkyl halides is 1. The van der Waals surface area contributed by atoms with Gasteiger partial charge in [0.05, 0.1) is 0 Å². The molecule has 1 N–H and O–H groups in total. The van der Waals surface area contributed by atoms with Crippen molar-refractivity contribution in [3.8, 4) is 0 Å². The van der Waals surface area contributed by atoms with E-state index in [2.05, 4.69) is 35.1 Å². The fraction of sp³-hybridized carbons (Fsp3) is 0.545. The monoisotopic (exact) mass is 273 g/mol. The van der Waals surface area contributed by atoms with E-state index in [-0.39, 0.29) is 11.3 Å². The summed E-state index contributed by atoms with van der Waals surface area (Å²) in [7, 11) is 0. The summed E-state index contributed by atoms with van der Waals surface area (Å²) >= 11 is 3.41. The SMILES string of the molecule is Cc1ccc(C(=O)NCC(C)(C)CBr)o1. The molecule has 0 saturated carbocycles. The Hall–Kier alpha value is -0.770. The topological polar surface area (TPSA) is 42.2 Å². The third kappa shape index (κ3) is 3.70. The van der Waals surface area contributed by atoms with Crippen LogP contribution in [0.15, 0.2) is 16.5 Å². The van der Waals surface area contributed by atoms with E-state index in [1.165, 1.54) is 0 Å². The lowest BCUT2D eigenvalue weighted by atomic mass is 9.97. The van der Waals surface area contributed by atoms with Crippen molar-refractivity contribution in [2.45, 2.75) is 20.8 Å². The van der Waals surface area contributed by atoms with Gasteiger partial charge in [-0.15, -0.1) is 0 Å². The summed E-state index contributed by atoms with van der Waals surface area (Å²) < 4.78 is 5.22. The Balaban J connectivity index is 2.50. The molecule has 1 heterocycles. The second kappa shape index (κ2) is 4.84. The van der Waals surface area contributed by atoms with E-state index in [0.717, 1.165) is 11.1 Å². The number of halogens is 1. The Morgan fingerprint density at radius 3 is 2.67 bits per heavy atom. The molecule has 84 valence electrons. The average Bonchev–Trinajstić information content (AvgIpc) is 2.61. The van der Waals surface area contributed by atoms with E-state index in [1.54, 1.807) is 12.1 Å². The second-order valence-electron chi connectivity index (χ2n) is 4.39. The number of carbonyl (C=O) groups is 1. The number of amides is 1. The lowest BCUT2D eigenvalue weighted by molar-refractivity contribution is 0.0911. The Labute approximate surface area is 98.4 Å². The molecule has 0 saturated heterocycles. The molecule has 3 nitrogen and oxygen atoms in total. The summed E-state index contributed by atoms with van der Waals surface area (Å²) in [4.78, 5) is 11.6. The maximum Gasteiger partial charge on any atom is 0.287 e. The minimum Gasteiger partial charge on any atom is -0.456 e. The first-order valence-corrected chi connectivity index (χ1v) is 5.97. The molecule has 0 atom stereocenters. The van der Waals surface area contributed by atoms with E-state index in [1.807, 2.05) is 6.92 Å². The lowest BCUT2D eigenvalue weighted by Gasteiger charge is -2.21. The molecule has 0 fully saturated rings. The number of rotatable bonds is 4. The third-order valence-electron chi connectivity index (χ3n) is 2.05. The number of aryl methyl sites for hydroxylation is 1. The number of hydrogen-bond acceptors (Lipinski definition) is 2. The van der Waals surface area contributed by atoms with Crippen LogP contribution in [0.3, 0.4) is 0 Å². The van der Waals surface area contributed by atoms with Crippen LogP contribution < -0.4 is 5.32 Å². The van der Waals surface area contributed by atoms with Crippen molar-refractivity contribution in [1.29, 1.82) is 0 Å². The molecule has 1 amide bonds. The summed E-state index contributed by atoms with van der Waals surface area (Å²) in [5.74, 6) is 0.967. The summed E-state index contributed by atoms with van der Waals surface area (Å²) in [5.41, 5.74) is 0.0529. The molecular weight excluding hydrogens is 258 g/mol. The number of hydrogen-bond donors (Lipinski definition) is 1. The Bertz CT molecular complexity index is 344. The predicted octanol–water partition coefficient (Wildman–Crippen LogP) is 2.74. The largest absolute Gasteiger partial charge is 0.456 e. The van der Waals surface area contributed by atoms with Crippen molar-refractivity contribution in [3.05, 3.63) is 23.7 Å². The van der Waals surface area contributed by atoms with Crippen molar-refractivity contribution in [3.63, 3.8) is 0 Å². The number of furan rings is 1. The minimum absolute atomic E-state index is 0.0529. The van der Waals surface area contributed by atoms with Crippen LogP contribution in [-0.4, -0.2) is 17.8 Å². The van der Waals surface area contributed by atoms with E-state index in [9.17, 15) is 4.79 Å². The molecule has 0 bridgehead atoms. The van der Waals surface area contributed by atoms with Crippen molar-refractivity contribution in [1.82, 2.24) is 5.32 Å². The first-order valence-electron chi connectivity index (χ1n) is 4.85. The highest BCUT2D eigenvalue weighted by Gasteiger charge is 2.18. The highest BCUT2D eigenvalue weighted by atomic mass is 79.9. The summed E-state index contributed by atoms with van der Waals surface area (Å²) in [5, 5.41) is 3.69. The van der Waals surface area contributed by atoms with Gasteiger partial charge in [-0.1, -0.05) is 29.8 Å². The second-order valence-corrected chi connectivity index (χ2v) is 4.95. The fourth-order valence-electron chi connectivity index (χ4n) is 1.01. The summed E-state index contributed by atoms with van der Waals surface area (Å²) in [6.45, 7) is 6.60. The zero-order valence-electron chi connectivity index (χ0n) is 9.26. The van der Waals surface area contributed by atoms with Crippen LogP contribution in [0.2, 0.25) is 0 Å². The van der Waals surface area contributed by atoms with E-state index < -0.39 is 0 Å². The molecule has 0 spiro atoms. The molecule has 0 aliphatic rings. The zero-order valence-corrected chi connectivity index (χ0v) is 10.8. The normalized spacial score (nSPS) is 11.5. The van der Waals surface area contributed by atoms with E-state index in [0.29, 0.717) is 12.3 Å². The van der Waals surface area contributed by atoms with Gasteiger partial charge in [0.1, 0.15) is 5.76 Å². The van der Waals surface area contributed by atoms with E-state index in [4.69, 9.17) is 4.42 Å². The van der Waals surface area contributed by atoms with E-state index >= 15 is 0 Å². The fourth-order valence-corrected chi connectivity index (χ4v) is 1.21. The summed E-state index contributed by atoms with van der Waals surface area (Å²) in [6.07, 6.45) is 0. The molecule has 1 aromatic rings. The van der Waals surface area contributed by atoms with Crippen molar-refractivity contribution >= 4 is 21.8 Å². The van der Waals surface area contributed by atoms with Gasteiger partial charge < -0.3 is 9.73 Å². The van der Waals surface area contributed by atoms with Crippen molar-refractivity contribution < 1.29 is 9.21 Å². The molecular formula is C11H16BrNO2. The van der Waals surface area contributed by atoms with Crippen molar-refractivity contribution in [2.75, 3.05) is 11.9 Å². The smallest absolute Gasteiger partial charge is 0.287 e. The van der Waals surface area contributed by atoms with Gasteiger partial charge in [0.15, 0.2) is 5.76 Å². The van der Waals surface area contributed by atoms with Crippen LogP contribution in [0.5, 0.6) is 0 Å². The molecule has 0 aromatic carbocycles. The highest BCUT2D eigenvalue weighted by Crippen LogP contribution is 2.16. The Kier molecular flexibility index (Phi) is 3.97. The van der Waals surface area contributed by atoms with Gasteiger partial charge in [-0.2, -0.15) is 0 Å². The maximum atomic E-state index is 11.6. The van der Waals surface area contributed by atoms with Crippen LogP contribution >= 0.6 is 15.9 Å². The Morgan fingerprint density at radius 1 is 1.53 bits per heavy atom. The lowest BCUT2D eigenvalue weighted by Crippen LogP contribution is -2.34. The van der Waals surface area contributed by atoms with Gasteiger partial charge >= 0.3 is 0 Å². The van der Waals surface area contributed by atoms with Crippen LogP contribution in [-0.2, 0) is 0 Å². The zero-order chi connectivity index (χ0) is 11.5. The third-order valence-corrected chi connectivity index (χ3v) is 3.57. The highest BCUT2D eigenvalue weighted by molar-refractivity contribution is 9.09. The van der Waals surface area contributed by atoms with Gasteiger partial charge in [0.2, 0.25) is 0 Å². The molecule has 4 heteroatoms. The van der Waals surface area contributed by atoms with Gasteiger partial charge in [-0.05, 0) is 24.5 Å². The first kappa shape index (κ1) is 12.3. The molecule has 0 aliphatic heterocycles. The van der Waals surface area contributed by atoms with Crippen LogP contribution in [0.25, 0.3) is 0 Å². The van der Waals surface area contributed by atoms with Crippen LogP contribution in [0, 0.1) is 12.3 Å². The van der Waals surface area contributed by atoms with Crippen molar-refractivity contribution in [2.24, 2.45) is 5.41 Å². The van der Waals surface area contributed by atoms with Gasteiger partial charge in [-0.3, -0.25) is 4.79 Å². The van der Waals surface area contributed by atoms with Crippen LogP contribution in [0.1, 0.15) is 30.2 Å². The molecule has 1 rings (SSSR count). The standard InChI is InChI=1S/C11H16BrNO2/c1-8-4-5-9(15-8)10(14)13-7-11(2,3)6-12/h4-5H,6-7H2,1-3H3,(H,13,14). The predicted molar refractivity (Wildman–Crippen MR) is 63.4 cm³/mol. The van der Waals surface area contributed by atoms with Gasteiger partial charge in [0.25, 0.3) is 5.91 Å². The molecule has 15 heavy (non-hydrogen) atoms. The van der Waals surface area contributed by atoms with Gasteiger partial charge in [-0.25, -0.2) is 0 Å². The van der Waals surface area contributed by atoms with Crippen LogP contribution in [0.4, 0.5) is 0 Å². The first-order chi connectivity index (χ1) is 6.94. The number of carbonyl (C=O) groups excluding carboxylic acids is 1. The summed E-state index contributed by atoms with van der Waals surface area (Å²) in [6, 6.07) is 3.47. The Morgan fingerprint density at radius 2 is 2.20 bits per heavy atom. The molecule has 0 aliphatic carbocycles. The molecule has 0 radical (unpaired) electrons. The average molecular weight is 274 g/mol.